The van der Waals surface area contributed by atoms with Crippen LogP contribution in [0.3, 0.4) is 0 Å². The van der Waals surface area contributed by atoms with Crippen LogP contribution in [0.4, 0.5) is 17.6 Å². The fourth-order valence-electron chi connectivity index (χ4n) is 2.48. The van der Waals surface area contributed by atoms with Gasteiger partial charge in [0.2, 0.25) is 10.0 Å². The van der Waals surface area contributed by atoms with Gasteiger partial charge in [-0.15, -0.1) is 0 Å². The molecule has 3 rings (SSSR count). The lowest BCUT2D eigenvalue weighted by Crippen LogP contribution is -2.32. The lowest BCUT2D eigenvalue weighted by Gasteiger charge is -2.12. The summed E-state index contributed by atoms with van der Waals surface area (Å²) in [6.07, 6.45) is -3.07. The first kappa shape index (κ1) is 19.5. The zero-order chi connectivity index (χ0) is 19.8. The second-order valence-electron chi connectivity index (χ2n) is 6.13. The fourth-order valence-corrected chi connectivity index (χ4v) is 3.53. The normalized spacial score (nSPS) is 15.1. The number of benzene rings is 1. The molecule has 1 aromatic carbocycles. The molecular formula is C16H15F4N3O3S. The van der Waals surface area contributed by atoms with Crippen LogP contribution >= 0.6 is 0 Å². The second-order valence-corrected chi connectivity index (χ2v) is 7.90. The summed E-state index contributed by atoms with van der Waals surface area (Å²) in [6, 6.07) is 4.38. The Kier molecular flexibility index (Phi) is 5.08. The maximum absolute atomic E-state index is 13.3. The Morgan fingerprint density at radius 3 is 2.52 bits per heavy atom. The maximum Gasteiger partial charge on any atom is 0.419 e. The van der Waals surface area contributed by atoms with E-state index in [1.54, 1.807) is 6.07 Å². The Morgan fingerprint density at radius 2 is 1.89 bits per heavy atom. The van der Waals surface area contributed by atoms with E-state index in [1.807, 2.05) is 0 Å². The van der Waals surface area contributed by atoms with E-state index >= 15 is 0 Å². The summed E-state index contributed by atoms with van der Waals surface area (Å²) in [4.78, 5) is 11.1. The van der Waals surface area contributed by atoms with Crippen molar-refractivity contribution < 1.29 is 26.0 Å². The topological polar surface area (TPSA) is 81.1 Å². The van der Waals surface area contributed by atoms with E-state index in [9.17, 15) is 30.8 Å². The molecule has 0 aliphatic heterocycles. The Hall–Kier alpha value is -2.27. The van der Waals surface area contributed by atoms with Crippen LogP contribution in [0.15, 0.2) is 40.0 Å². The van der Waals surface area contributed by atoms with Gasteiger partial charge >= 0.3 is 6.18 Å². The largest absolute Gasteiger partial charge is 0.419 e. The smallest absolute Gasteiger partial charge is 0.268 e. The Balaban J connectivity index is 1.73. The van der Waals surface area contributed by atoms with Crippen molar-refractivity contribution in [1.82, 2.24) is 14.5 Å². The molecule has 1 saturated carbocycles. The Morgan fingerprint density at radius 1 is 1.19 bits per heavy atom. The van der Waals surface area contributed by atoms with Gasteiger partial charge in [0.05, 0.1) is 22.7 Å². The first-order valence-corrected chi connectivity index (χ1v) is 9.51. The highest BCUT2D eigenvalue weighted by Gasteiger charge is 2.35. The highest BCUT2D eigenvalue weighted by Crippen LogP contribution is 2.38. The van der Waals surface area contributed by atoms with Gasteiger partial charge in [-0.1, -0.05) is 0 Å². The summed E-state index contributed by atoms with van der Waals surface area (Å²) in [5, 5.41) is 4.16. The van der Waals surface area contributed by atoms with E-state index in [1.165, 1.54) is 6.07 Å². The van der Waals surface area contributed by atoms with E-state index in [4.69, 9.17) is 0 Å². The van der Waals surface area contributed by atoms with Gasteiger partial charge in [-0.25, -0.2) is 22.2 Å². The molecule has 0 saturated heterocycles. The molecule has 27 heavy (non-hydrogen) atoms. The van der Waals surface area contributed by atoms with Crippen molar-refractivity contribution in [3.63, 3.8) is 0 Å². The Bertz CT molecular complexity index is 1010. The third-order valence-electron chi connectivity index (χ3n) is 4.05. The van der Waals surface area contributed by atoms with Crippen LogP contribution in [0.2, 0.25) is 0 Å². The van der Waals surface area contributed by atoms with Crippen LogP contribution in [-0.4, -0.2) is 24.7 Å². The SMILES string of the molecule is O=c1ccc(C2CC2)nn1CCNS(=O)(=O)c1ccc(F)c(C(F)(F)F)c1. The minimum atomic E-state index is -5.02. The molecule has 0 bridgehead atoms. The summed E-state index contributed by atoms with van der Waals surface area (Å²) >= 11 is 0. The molecule has 1 N–H and O–H groups in total. The van der Waals surface area contributed by atoms with Gasteiger partial charge in [0.1, 0.15) is 5.82 Å². The number of hydrogen-bond acceptors (Lipinski definition) is 4. The molecule has 0 spiro atoms. The highest BCUT2D eigenvalue weighted by atomic mass is 32.2. The number of nitrogens with one attached hydrogen (secondary N) is 1. The van der Waals surface area contributed by atoms with Crippen molar-refractivity contribution in [3.05, 3.63) is 57.8 Å². The third kappa shape index (κ3) is 4.53. The van der Waals surface area contributed by atoms with Crippen LogP contribution < -0.4 is 10.3 Å². The van der Waals surface area contributed by atoms with Crippen molar-refractivity contribution in [3.8, 4) is 0 Å². The van der Waals surface area contributed by atoms with Gasteiger partial charge in [0, 0.05) is 18.5 Å². The third-order valence-corrected chi connectivity index (χ3v) is 5.51. The number of sulfonamides is 1. The van der Waals surface area contributed by atoms with Crippen molar-refractivity contribution in [2.24, 2.45) is 0 Å². The van der Waals surface area contributed by atoms with Gasteiger partial charge in [0.15, 0.2) is 0 Å². The van der Waals surface area contributed by atoms with Crippen molar-refractivity contribution in [2.75, 3.05) is 6.54 Å². The molecule has 1 fully saturated rings. The maximum atomic E-state index is 13.3. The zero-order valence-corrected chi connectivity index (χ0v) is 14.6. The summed E-state index contributed by atoms with van der Waals surface area (Å²) < 4.78 is 79.1. The first-order chi connectivity index (χ1) is 12.6. The predicted molar refractivity (Wildman–Crippen MR) is 87.1 cm³/mol. The van der Waals surface area contributed by atoms with Crippen LogP contribution in [0, 0.1) is 5.82 Å². The van der Waals surface area contributed by atoms with Gasteiger partial charge < -0.3 is 0 Å². The highest BCUT2D eigenvalue weighted by molar-refractivity contribution is 7.89. The molecule has 6 nitrogen and oxygen atoms in total. The number of nitrogens with zero attached hydrogens (tertiary/aromatic N) is 2. The molecule has 1 aliphatic rings. The number of halogens is 4. The average molecular weight is 405 g/mol. The van der Waals surface area contributed by atoms with E-state index in [0.29, 0.717) is 12.0 Å². The predicted octanol–water partition coefficient (Wildman–Crippen LogP) is 2.26. The summed E-state index contributed by atoms with van der Waals surface area (Å²) in [7, 11) is -4.32. The van der Waals surface area contributed by atoms with Gasteiger partial charge in [-0.2, -0.15) is 18.3 Å². The standard InChI is InChI=1S/C16H15F4N3O3S/c17-13-4-3-11(9-12(13)16(18,19)20)27(25,26)21-7-8-23-15(24)6-5-14(22-23)10-1-2-10/h3-6,9-10,21H,1-2,7-8H2. The molecule has 0 atom stereocenters. The second kappa shape index (κ2) is 7.04. The Labute approximate surface area is 151 Å². The molecule has 11 heteroatoms. The molecule has 146 valence electrons. The van der Waals surface area contributed by atoms with Crippen LogP contribution in [0.1, 0.15) is 30.0 Å². The van der Waals surface area contributed by atoms with E-state index in [-0.39, 0.29) is 19.2 Å². The minimum Gasteiger partial charge on any atom is -0.268 e. The zero-order valence-electron chi connectivity index (χ0n) is 13.8. The van der Waals surface area contributed by atoms with E-state index < -0.39 is 38.0 Å². The lowest BCUT2D eigenvalue weighted by atomic mass is 10.2. The molecule has 1 heterocycles. The number of aromatic nitrogens is 2. The van der Waals surface area contributed by atoms with Crippen LogP contribution in [0.25, 0.3) is 0 Å². The molecule has 2 aromatic rings. The van der Waals surface area contributed by atoms with Crippen LogP contribution in [0.5, 0.6) is 0 Å². The molecule has 1 aromatic heterocycles. The molecule has 1 aliphatic carbocycles. The van der Waals surface area contributed by atoms with Crippen molar-refractivity contribution in [2.45, 2.75) is 36.4 Å². The minimum absolute atomic E-state index is 0.0913. The van der Waals surface area contributed by atoms with Crippen molar-refractivity contribution >= 4 is 10.0 Å². The molecule has 0 unspecified atom stereocenters. The van der Waals surface area contributed by atoms with E-state index in [0.717, 1.165) is 29.3 Å². The lowest BCUT2D eigenvalue weighted by molar-refractivity contribution is -0.140. The van der Waals surface area contributed by atoms with E-state index in [2.05, 4.69) is 9.82 Å². The average Bonchev–Trinajstić information content (AvgIpc) is 3.40. The fraction of sp³-hybridized carbons (Fsp3) is 0.375. The number of alkyl halides is 3. The molecular weight excluding hydrogens is 390 g/mol. The van der Waals surface area contributed by atoms with Gasteiger partial charge in [-0.05, 0) is 37.1 Å². The number of rotatable bonds is 6. The number of hydrogen-bond donors (Lipinski definition) is 1. The van der Waals surface area contributed by atoms with Crippen LogP contribution in [-0.2, 0) is 22.7 Å². The van der Waals surface area contributed by atoms with Crippen molar-refractivity contribution in [1.29, 1.82) is 0 Å². The quantitative estimate of drug-likeness (QED) is 0.748. The van der Waals surface area contributed by atoms with Gasteiger partial charge in [-0.3, -0.25) is 4.79 Å². The first-order valence-electron chi connectivity index (χ1n) is 8.02. The molecule has 0 radical (unpaired) electrons. The summed E-state index contributed by atoms with van der Waals surface area (Å²) in [6.45, 7) is -0.353. The molecule has 0 amide bonds. The summed E-state index contributed by atoms with van der Waals surface area (Å²) in [5.74, 6) is -1.26. The monoisotopic (exact) mass is 405 g/mol. The van der Waals surface area contributed by atoms with Gasteiger partial charge in [0.25, 0.3) is 5.56 Å². The summed E-state index contributed by atoms with van der Waals surface area (Å²) in [5.41, 5.74) is -1.34.